The maximum absolute atomic E-state index is 10.4. The van der Waals surface area contributed by atoms with Crippen LogP contribution in [-0.2, 0) is 11.2 Å². The van der Waals surface area contributed by atoms with Crippen molar-refractivity contribution >= 4 is 17.9 Å². The van der Waals surface area contributed by atoms with Crippen LogP contribution in [0.25, 0.3) is 0 Å². The zero-order chi connectivity index (χ0) is 16.4. The number of benzene rings is 1. The number of aliphatic imine (C=N–C) groups is 1. The molecule has 0 aliphatic carbocycles. The highest BCUT2D eigenvalue weighted by Gasteiger charge is 2.10. The SMILES string of the molecule is CN(C)C(N)=NC(=N)N.N[C@@H](Cc1ccccc1)C(=O)O. The van der Waals surface area contributed by atoms with Crippen LogP contribution in [0.4, 0.5) is 0 Å². The summed E-state index contributed by atoms with van der Waals surface area (Å²) in [4.78, 5) is 15.4. The van der Waals surface area contributed by atoms with Crippen molar-refractivity contribution in [1.29, 1.82) is 5.41 Å². The van der Waals surface area contributed by atoms with Gasteiger partial charge in [-0.3, -0.25) is 10.2 Å². The molecule has 8 N–H and O–H groups in total. The van der Waals surface area contributed by atoms with Crippen molar-refractivity contribution in [2.24, 2.45) is 22.2 Å². The number of carbonyl (C=O) groups is 1. The van der Waals surface area contributed by atoms with Gasteiger partial charge in [0.2, 0.25) is 5.96 Å². The third-order valence-corrected chi connectivity index (χ3v) is 2.31. The number of hydrogen-bond donors (Lipinski definition) is 5. The predicted octanol–water partition coefficient (Wildman–Crippen LogP) is -0.603. The standard InChI is InChI=1S/C9H11NO2.C4H11N5/c10-8(9(11)12)6-7-4-2-1-3-5-7;1-9(2)4(7)8-3(5)6/h1-5,8H,6,10H2,(H,11,12);1-2H3,(H5,5,6,7,8)/t8-;/m0./s1. The lowest BCUT2D eigenvalue weighted by Crippen LogP contribution is -2.32. The van der Waals surface area contributed by atoms with Gasteiger partial charge in [-0.05, 0) is 12.0 Å². The molecule has 8 heteroatoms. The van der Waals surface area contributed by atoms with Gasteiger partial charge in [-0.1, -0.05) is 30.3 Å². The van der Waals surface area contributed by atoms with Crippen LogP contribution < -0.4 is 17.2 Å². The second-order valence-corrected chi connectivity index (χ2v) is 4.38. The Morgan fingerprint density at radius 1 is 1.33 bits per heavy atom. The molecule has 0 aromatic heterocycles. The van der Waals surface area contributed by atoms with E-state index in [1.165, 1.54) is 0 Å². The second-order valence-electron chi connectivity index (χ2n) is 4.38. The van der Waals surface area contributed by atoms with Gasteiger partial charge >= 0.3 is 5.97 Å². The van der Waals surface area contributed by atoms with Gasteiger partial charge in [-0.25, -0.2) is 0 Å². The molecule has 0 radical (unpaired) electrons. The highest BCUT2D eigenvalue weighted by atomic mass is 16.4. The van der Waals surface area contributed by atoms with Crippen molar-refractivity contribution in [3.63, 3.8) is 0 Å². The van der Waals surface area contributed by atoms with Crippen molar-refractivity contribution in [1.82, 2.24) is 4.90 Å². The summed E-state index contributed by atoms with van der Waals surface area (Å²) in [5, 5.41) is 15.2. The molecule has 0 amide bonds. The van der Waals surface area contributed by atoms with Crippen molar-refractivity contribution in [3.8, 4) is 0 Å². The van der Waals surface area contributed by atoms with E-state index in [4.69, 9.17) is 27.7 Å². The summed E-state index contributed by atoms with van der Waals surface area (Å²) in [7, 11) is 3.45. The number of hydrogen-bond acceptors (Lipinski definition) is 3. The number of carboxylic acid groups (broad SMARTS) is 1. The lowest BCUT2D eigenvalue weighted by Gasteiger charge is -2.08. The van der Waals surface area contributed by atoms with Gasteiger partial charge in [-0.15, -0.1) is 0 Å². The third-order valence-electron chi connectivity index (χ3n) is 2.31. The summed E-state index contributed by atoms with van der Waals surface area (Å²) in [5.41, 5.74) is 16.5. The number of guanidine groups is 2. The first kappa shape index (κ1) is 18.4. The van der Waals surface area contributed by atoms with Crippen LogP contribution in [0.3, 0.4) is 0 Å². The first-order valence-electron chi connectivity index (χ1n) is 6.11. The van der Waals surface area contributed by atoms with Crippen LogP contribution in [0.1, 0.15) is 5.56 Å². The van der Waals surface area contributed by atoms with Gasteiger partial charge in [0.1, 0.15) is 6.04 Å². The summed E-state index contributed by atoms with van der Waals surface area (Å²) in [5.74, 6) is -0.998. The van der Waals surface area contributed by atoms with Gasteiger partial charge in [0.25, 0.3) is 0 Å². The molecule has 0 unspecified atom stereocenters. The van der Waals surface area contributed by atoms with E-state index < -0.39 is 12.0 Å². The fourth-order valence-corrected chi connectivity index (χ4v) is 1.18. The van der Waals surface area contributed by atoms with Gasteiger partial charge in [0.15, 0.2) is 5.96 Å². The van der Waals surface area contributed by atoms with E-state index in [0.717, 1.165) is 5.56 Å². The van der Waals surface area contributed by atoms with Crippen LogP contribution in [0, 0.1) is 5.41 Å². The minimum absolute atomic E-state index is 0.238. The summed E-state index contributed by atoms with van der Waals surface area (Å²) in [6, 6.07) is 8.54. The molecule has 0 bridgehead atoms. The highest BCUT2D eigenvalue weighted by molar-refractivity contribution is 5.91. The van der Waals surface area contributed by atoms with Crippen molar-refractivity contribution in [2.45, 2.75) is 12.5 Å². The molecular weight excluding hydrogens is 272 g/mol. The molecule has 8 nitrogen and oxygen atoms in total. The second kappa shape index (κ2) is 9.32. The first-order valence-corrected chi connectivity index (χ1v) is 6.11. The molecule has 21 heavy (non-hydrogen) atoms. The molecule has 0 aliphatic heterocycles. The Kier molecular flexibility index (Phi) is 8.16. The number of nitrogens with one attached hydrogen (secondary N) is 1. The van der Waals surface area contributed by atoms with E-state index in [1.807, 2.05) is 30.3 Å². The van der Waals surface area contributed by atoms with Crippen molar-refractivity contribution < 1.29 is 9.90 Å². The Labute approximate surface area is 123 Å². The minimum atomic E-state index is -0.959. The molecule has 1 atom stereocenters. The highest BCUT2D eigenvalue weighted by Crippen LogP contribution is 2.01. The molecule has 116 valence electrons. The smallest absolute Gasteiger partial charge is 0.320 e. The topological polar surface area (TPSA) is 155 Å². The number of nitrogens with zero attached hydrogens (tertiary/aromatic N) is 2. The fraction of sp³-hybridized carbons (Fsp3) is 0.308. The van der Waals surface area contributed by atoms with E-state index in [0.29, 0.717) is 6.42 Å². The van der Waals surface area contributed by atoms with Gasteiger partial charge in [0.05, 0.1) is 0 Å². The number of carboxylic acids is 1. The van der Waals surface area contributed by atoms with Crippen LogP contribution in [-0.4, -0.2) is 48.0 Å². The molecule has 0 heterocycles. The first-order chi connectivity index (χ1) is 9.73. The predicted molar refractivity (Wildman–Crippen MR) is 83.0 cm³/mol. The van der Waals surface area contributed by atoms with E-state index >= 15 is 0 Å². The quantitative estimate of drug-likeness (QED) is 0.370. The normalized spacial score (nSPS) is 11.9. The zero-order valence-corrected chi connectivity index (χ0v) is 12.2. The summed E-state index contributed by atoms with van der Waals surface area (Å²) in [6.45, 7) is 0. The maximum Gasteiger partial charge on any atom is 0.320 e. The number of nitrogens with two attached hydrogens (primary N) is 3. The largest absolute Gasteiger partial charge is 0.480 e. The number of aliphatic carboxylic acids is 1. The van der Waals surface area contributed by atoms with Gasteiger partial charge in [0, 0.05) is 14.1 Å². The summed E-state index contributed by atoms with van der Waals surface area (Å²) >= 11 is 0. The molecule has 0 saturated heterocycles. The van der Waals surface area contributed by atoms with E-state index in [-0.39, 0.29) is 11.9 Å². The Morgan fingerprint density at radius 2 is 1.86 bits per heavy atom. The third kappa shape index (κ3) is 9.00. The van der Waals surface area contributed by atoms with Gasteiger partial charge in [-0.2, -0.15) is 4.99 Å². The lowest BCUT2D eigenvalue weighted by molar-refractivity contribution is -0.138. The molecule has 0 spiro atoms. The van der Waals surface area contributed by atoms with E-state index in [9.17, 15) is 4.79 Å². The maximum atomic E-state index is 10.4. The van der Waals surface area contributed by atoms with Crippen LogP contribution in [0.2, 0.25) is 0 Å². The Balaban J connectivity index is 0.000000400. The molecule has 0 saturated carbocycles. The van der Waals surface area contributed by atoms with Crippen LogP contribution in [0.5, 0.6) is 0 Å². The van der Waals surface area contributed by atoms with Crippen LogP contribution in [0.15, 0.2) is 35.3 Å². The Morgan fingerprint density at radius 3 is 2.19 bits per heavy atom. The monoisotopic (exact) mass is 294 g/mol. The zero-order valence-electron chi connectivity index (χ0n) is 12.2. The van der Waals surface area contributed by atoms with Gasteiger partial charge < -0.3 is 27.2 Å². The molecular formula is C13H22N6O2. The molecule has 1 aromatic rings. The Bertz CT molecular complexity index is 487. The molecule has 1 aromatic carbocycles. The lowest BCUT2D eigenvalue weighted by atomic mass is 10.1. The number of rotatable bonds is 3. The van der Waals surface area contributed by atoms with Crippen LogP contribution >= 0.6 is 0 Å². The summed E-state index contributed by atoms with van der Waals surface area (Å²) in [6.07, 6.45) is 0.385. The molecule has 0 fully saturated rings. The van der Waals surface area contributed by atoms with E-state index in [2.05, 4.69) is 4.99 Å². The Hall–Kier alpha value is -2.61. The minimum Gasteiger partial charge on any atom is -0.480 e. The van der Waals surface area contributed by atoms with Crippen molar-refractivity contribution in [2.75, 3.05) is 14.1 Å². The molecule has 0 aliphatic rings. The summed E-state index contributed by atoms with van der Waals surface area (Å²) < 4.78 is 0. The average molecular weight is 294 g/mol. The van der Waals surface area contributed by atoms with E-state index in [1.54, 1.807) is 19.0 Å². The van der Waals surface area contributed by atoms with Crippen molar-refractivity contribution in [3.05, 3.63) is 35.9 Å². The molecule has 1 rings (SSSR count). The fourth-order valence-electron chi connectivity index (χ4n) is 1.18. The average Bonchev–Trinajstić information content (AvgIpc) is 2.39.